The minimum absolute atomic E-state index is 0.563. The Balaban J connectivity index is 3.13. The summed E-state index contributed by atoms with van der Waals surface area (Å²) in [5.41, 5.74) is 0. The Morgan fingerprint density at radius 3 is 2.50 bits per heavy atom. The van der Waals surface area contributed by atoms with E-state index in [4.69, 9.17) is 14.0 Å². The van der Waals surface area contributed by atoms with Crippen LogP contribution in [-0.2, 0) is 0 Å². The van der Waals surface area contributed by atoms with Crippen LogP contribution in [0.2, 0.25) is 0 Å². The molecule has 0 saturated heterocycles. The molecule has 1 aromatic rings. The van der Waals surface area contributed by atoms with Crippen molar-refractivity contribution in [2.24, 2.45) is 0 Å². The second-order valence-corrected chi connectivity index (χ2v) is 2.71. The molecule has 4 heteroatoms. The molecule has 0 saturated carbocycles. The van der Waals surface area contributed by atoms with Crippen LogP contribution in [0.25, 0.3) is 0 Å². The van der Waals surface area contributed by atoms with Gasteiger partial charge in [-0.05, 0) is 12.1 Å². The summed E-state index contributed by atoms with van der Waals surface area (Å²) in [5, 5.41) is 0. The van der Waals surface area contributed by atoms with Crippen LogP contribution in [0.1, 0.15) is 0 Å². The molecule has 1 rings (SSSR count). The second-order valence-electron chi connectivity index (χ2n) is 2.08. The molecule has 0 aliphatic heterocycles. The van der Waals surface area contributed by atoms with Crippen molar-refractivity contribution in [3.63, 3.8) is 0 Å². The molecule has 0 heterocycles. The van der Waals surface area contributed by atoms with Crippen LogP contribution < -0.4 is 9.47 Å². The van der Waals surface area contributed by atoms with Crippen LogP contribution in [0.4, 0.5) is 0 Å². The van der Waals surface area contributed by atoms with Crippen molar-refractivity contribution in [1.29, 1.82) is 0 Å². The summed E-state index contributed by atoms with van der Waals surface area (Å²) in [6, 6.07) is 5.32. The molecule has 0 radical (unpaired) electrons. The van der Waals surface area contributed by atoms with E-state index in [1.165, 1.54) is 7.11 Å². The second kappa shape index (κ2) is 4.23. The zero-order chi connectivity index (χ0) is 8.97. The number of hydrogen-bond donors (Lipinski definition) is 1. The van der Waals surface area contributed by atoms with Gasteiger partial charge in [-0.3, -0.25) is 0 Å². The monoisotopic (exact) mass is 186 g/mol. The summed E-state index contributed by atoms with van der Waals surface area (Å²) >= 11 is 0.645. The van der Waals surface area contributed by atoms with Gasteiger partial charge in [0.1, 0.15) is 0 Å². The van der Waals surface area contributed by atoms with Gasteiger partial charge in [-0.25, -0.2) is 0 Å². The Bertz CT molecular complexity index is 240. The zero-order valence-electron chi connectivity index (χ0n) is 6.90. The third kappa shape index (κ3) is 1.65. The van der Waals surface area contributed by atoms with Crippen molar-refractivity contribution in [1.82, 2.24) is 0 Å². The van der Waals surface area contributed by atoms with Crippen molar-refractivity contribution in [3.8, 4) is 11.5 Å². The van der Waals surface area contributed by atoms with E-state index in [2.05, 4.69) is 0 Å². The highest BCUT2D eigenvalue weighted by Gasteiger charge is 2.08. The van der Waals surface area contributed by atoms with Crippen LogP contribution in [0.5, 0.6) is 11.5 Å². The van der Waals surface area contributed by atoms with Crippen molar-refractivity contribution in [2.45, 2.75) is 4.90 Å². The molecule has 1 N–H and O–H groups in total. The maximum absolute atomic E-state index is 8.85. The average Bonchev–Trinajstić information content (AvgIpc) is 2.16. The van der Waals surface area contributed by atoms with Gasteiger partial charge in [0.25, 0.3) is 0 Å². The first-order chi connectivity index (χ1) is 5.83. The topological polar surface area (TPSA) is 38.7 Å². The van der Waals surface area contributed by atoms with Crippen LogP contribution in [0, 0.1) is 0 Å². The maximum atomic E-state index is 8.85. The number of hydrogen-bond acceptors (Lipinski definition) is 4. The van der Waals surface area contributed by atoms with Gasteiger partial charge in [0.15, 0.2) is 11.5 Å². The molecule has 0 fully saturated rings. The Kier molecular flexibility index (Phi) is 3.25. The fourth-order valence-electron chi connectivity index (χ4n) is 0.930. The lowest BCUT2D eigenvalue weighted by atomic mass is 10.3. The molecular formula is C8H10O3S. The quantitative estimate of drug-likeness (QED) is 0.735. The molecular weight excluding hydrogens is 176 g/mol. The van der Waals surface area contributed by atoms with Gasteiger partial charge in [0, 0.05) is 12.0 Å². The SMILES string of the molecule is COc1cccc(SO)c1OC. The van der Waals surface area contributed by atoms with E-state index in [9.17, 15) is 0 Å². The van der Waals surface area contributed by atoms with Crippen LogP contribution in [0.3, 0.4) is 0 Å². The van der Waals surface area contributed by atoms with E-state index in [1.54, 1.807) is 25.3 Å². The van der Waals surface area contributed by atoms with Crippen LogP contribution >= 0.6 is 12.0 Å². The molecule has 66 valence electrons. The summed E-state index contributed by atoms with van der Waals surface area (Å²) in [6.07, 6.45) is 0. The highest BCUT2D eigenvalue weighted by molar-refractivity contribution is 7.93. The number of rotatable bonds is 3. The van der Waals surface area contributed by atoms with Crippen LogP contribution in [-0.4, -0.2) is 18.8 Å². The first kappa shape index (κ1) is 9.22. The molecule has 0 amide bonds. The normalized spacial score (nSPS) is 9.58. The summed E-state index contributed by atoms with van der Waals surface area (Å²) in [5.74, 6) is 1.18. The van der Waals surface area contributed by atoms with Crippen molar-refractivity contribution < 1.29 is 14.0 Å². The summed E-state index contributed by atoms with van der Waals surface area (Å²) in [7, 11) is 3.10. The molecule has 3 nitrogen and oxygen atoms in total. The van der Waals surface area contributed by atoms with Crippen molar-refractivity contribution in [3.05, 3.63) is 18.2 Å². The van der Waals surface area contributed by atoms with Crippen molar-refractivity contribution in [2.75, 3.05) is 14.2 Å². The number of methoxy groups -OCH3 is 2. The highest BCUT2D eigenvalue weighted by atomic mass is 32.2. The Hall–Kier alpha value is -0.870. The Labute approximate surface area is 75.5 Å². The largest absolute Gasteiger partial charge is 0.493 e. The smallest absolute Gasteiger partial charge is 0.176 e. The highest BCUT2D eigenvalue weighted by Crippen LogP contribution is 2.35. The predicted molar refractivity (Wildman–Crippen MR) is 48.0 cm³/mol. The van der Waals surface area contributed by atoms with E-state index in [1.807, 2.05) is 0 Å². The fourth-order valence-corrected chi connectivity index (χ4v) is 1.34. The van der Waals surface area contributed by atoms with Crippen LogP contribution in [0.15, 0.2) is 23.1 Å². The van der Waals surface area contributed by atoms with Gasteiger partial charge in [-0.1, -0.05) is 6.07 Å². The number of benzene rings is 1. The minimum Gasteiger partial charge on any atom is -0.493 e. The van der Waals surface area contributed by atoms with Crippen molar-refractivity contribution >= 4 is 12.0 Å². The standard InChI is InChI=1S/C8H10O3S/c1-10-6-4-3-5-7(12-9)8(6)11-2/h3-5,9H,1-2H3. The molecule has 0 spiro atoms. The van der Waals surface area contributed by atoms with Gasteiger partial charge >= 0.3 is 0 Å². The summed E-state index contributed by atoms with van der Waals surface area (Å²) in [6.45, 7) is 0. The Morgan fingerprint density at radius 2 is 2.00 bits per heavy atom. The zero-order valence-corrected chi connectivity index (χ0v) is 7.72. The molecule has 0 aliphatic carbocycles. The van der Waals surface area contributed by atoms with E-state index >= 15 is 0 Å². The average molecular weight is 186 g/mol. The van der Waals surface area contributed by atoms with E-state index in [-0.39, 0.29) is 0 Å². The fraction of sp³-hybridized carbons (Fsp3) is 0.250. The Morgan fingerprint density at radius 1 is 1.25 bits per heavy atom. The first-order valence-electron chi connectivity index (χ1n) is 3.36. The maximum Gasteiger partial charge on any atom is 0.176 e. The molecule has 0 bridgehead atoms. The summed E-state index contributed by atoms with van der Waals surface area (Å²) < 4.78 is 18.9. The lowest BCUT2D eigenvalue weighted by molar-refractivity contribution is 0.347. The first-order valence-corrected chi connectivity index (χ1v) is 4.13. The molecule has 12 heavy (non-hydrogen) atoms. The van der Waals surface area contributed by atoms with E-state index in [0.717, 1.165) is 0 Å². The number of ether oxygens (including phenoxy) is 2. The third-order valence-electron chi connectivity index (χ3n) is 1.47. The van der Waals surface area contributed by atoms with Gasteiger partial charge in [0.05, 0.1) is 19.1 Å². The molecule has 0 aromatic heterocycles. The predicted octanol–water partition coefficient (Wildman–Crippen LogP) is 2.27. The van der Waals surface area contributed by atoms with Gasteiger partial charge in [-0.15, -0.1) is 0 Å². The molecule has 0 unspecified atom stereocenters. The van der Waals surface area contributed by atoms with Gasteiger partial charge in [0.2, 0.25) is 0 Å². The molecule has 0 atom stereocenters. The lowest BCUT2D eigenvalue weighted by Gasteiger charge is -2.09. The molecule has 1 aromatic carbocycles. The lowest BCUT2D eigenvalue weighted by Crippen LogP contribution is -1.91. The van der Waals surface area contributed by atoms with Gasteiger partial charge in [-0.2, -0.15) is 0 Å². The van der Waals surface area contributed by atoms with E-state index in [0.29, 0.717) is 28.4 Å². The number of para-hydroxylation sites is 1. The van der Waals surface area contributed by atoms with E-state index < -0.39 is 0 Å². The third-order valence-corrected chi connectivity index (χ3v) is 1.98. The molecule has 0 aliphatic rings. The minimum atomic E-state index is 0.563. The van der Waals surface area contributed by atoms with Gasteiger partial charge < -0.3 is 14.0 Å². The summed E-state index contributed by atoms with van der Waals surface area (Å²) in [4.78, 5) is 0.650.